The van der Waals surface area contributed by atoms with E-state index in [1.54, 1.807) is 24.0 Å². The number of pyridine rings is 1. The molecule has 1 aliphatic carbocycles. The van der Waals surface area contributed by atoms with Crippen LogP contribution in [0.15, 0.2) is 24.5 Å². The number of carbonyl (C=O) groups is 1. The quantitative estimate of drug-likeness (QED) is 0.878. The van der Waals surface area contributed by atoms with Crippen molar-refractivity contribution in [1.82, 2.24) is 14.8 Å². The van der Waals surface area contributed by atoms with Crippen molar-refractivity contribution in [1.29, 1.82) is 0 Å². The van der Waals surface area contributed by atoms with E-state index in [1.807, 2.05) is 12.1 Å². The van der Waals surface area contributed by atoms with Gasteiger partial charge in [-0.1, -0.05) is 12.8 Å². The van der Waals surface area contributed by atoms with E-state index < -0.39 is 0 Å². The van der Waals surface area contributed by atoms with Crippen LogP contribution in [0.4, 0.5) is 5.82 Å². The summed E-state index contributed by atoms with van der Waals surface area (Å²) in [5.41, 5.74) is 8.20. The largest absolute Gasteiger partial charge is 0.462 e. The van der Waals surface area contributed by atoms with Crippen molar-refractivity contribution in [2.45, 2.75) is 38.5 Å². The van der Waals surface area contributed by atoms with Gasteiger partial charge in [-0.3, -0.25) is 4.98 Å². The highest BCUT2D eigenvalue weighted by molar-refractivity contribution is 5.96. The second-order valence-corrected chi connectivity index (χ2v) is 5.46. The van der Waals surface area contributed by atoms with Gasteiger partial charge in [0, 0.05) is 18.3 Å². The van der Waals surface area contributed by atoms with Gasteiger partial charge in [0.15, 0.2) is 0 Å². The van der Waals surface area contributed by atoms with E-state index >= 15 is 0 Å². The Morgan fingerprint density at radius 2 is 2.05 bits per heavy atom. The monoisotopic (exact) mass is 300 g/mol. The first-order chi connectivity index (χ1) is 10.7. The van der Waals surface area contributed by atoms with Gasteiger partial charge in [-0.15, -0.1) is 0 Å². The standard InChI is InChI=1S/C16H20N4O2/c1-2-22-16(21)13-14(11-5-3-4-6-11)19-20(15(13)17)12-7-9-18-10-8-12/h7-11H,2-6,17H2,1H3. The number of carbonyl (C=O) groups excluding carboxylic acids is 1. The van der Waals surface area contributed by atoms with E-state index in [1.165, 1.54) is 0 Å². The SMILES string of the molecule is CCOC(=O)c1c(C2CCCC2)nn(-c2ccncc2)c1N. The number of nitrogens with zero attached hydrogens (tertiary/aromatic N) is 3. The van der Waals surface area contributed by atoms with Gasteiger partial charge in [-0.25, -0.2) is 9.48 Å². The van der Waals surface area contributed by atoms with Crippen LogP contribution in [0.3, 0.4) is 0 Å². The Hall–Kier alpha value is -2.37. The van der Waals surface area contributed by atoms with Gasteiger partial charge in [-0.2, -0.15) is 5.10 Å². The molecule has 1 aliphatic rings. The van der Waals surface area contributed by atoms with E-state index in [2.05, 4.69) is 10.1 Å². The van der Waals surface area contributed by atoms with Gasteiger partial charge < -0.3 is 10.5 Å². The lowest BCUT2D eigenvalue weighted by molar-refractivity contribution is 0.0526. The third kappa shape index (κ3) is 2.56. The fourth-order valence-electron chi connectivity index (χ4n) is 3.03. The molecular weight excluding hydrogens is 280 g/mol. The average molecular weight is 300 g/mol. The zero-order valence-electron chi connectivity index (χ0n) is 12.7. The molecule has 2 aromatic rings. The van der Waals surface area contributed by atoms with E-state index in [0.29, 0.717) is 18.0 Å². The highest BCUT2D eigenvalue weighted by atomic mass is 16.5. The summed E-state index contributed by atoms with van der Waals surface area (Å²) in [7, 11) is 0. The zero-order chi connectivity index (χ0) is 15.5. The molecule has 2 aromatic heterocycles. The van der Waals surface area contributed by atoms with Crippen molar-refractivity contribution in [3.63, 3.8) is 0 Å². The molecule has 0 bridgehead atoms. The van der Waals surface area contributed by atoms with E-state index in [-0.39, 0.29) is 11.9 Å². The number of anilines is 1. The number of nitrogens with two attached hydrogens (primary N) is 1. The minimum Gasteiger partial charge on any atom is -0.462 e. The molecule has 0 amide bonds. The summed E-state index contributed by atoms with van der Waals surface area (Å²) in [6.07, 6.45) is 7.76. The normalized spacial score (nSPS) is 15.1. The van der Waals surface area contributed by atoms with Crippen LogP contribution in [0.5, 0.6) is 0 Å². The second-order valence-electron chi connectivity index (χ2n) is 5.46. The number of hydrogen-bond donors (Lipinski definition) is 1. The van der Waals surface area contributed by atoms with Crippen molar-refractivity contribution in [3.05, 3.63) is 35.8 Å². The summed E-state index contributed by atoms with van der Waals surface area (Å²) in [5.74, 6) is 0.235. The number of hydrogen-bond acceptors (Lipinski definition) is 5. The molecule has 1 fully saturated rings. The molecule has 6 heteroatoms. The summed E-state index contributed by atoms with van der Waals surface area (Å²) in [6, 6.07) is 3.63. The number of aromatic nitrogens is 3. The van der Waals surface area contributed by atoms with Crippen LogP contribution in [-0.2, 0) is 4.74 Å². The summed E-state index contributed by atoms with van der Waals surface area (Å²) >= 11 is 0. The van der Waals surface area contributed by atoms with Crippen molar-refractivity contribution >= 4 is 11.8 Å². The Morgan fingerprint density at radius 1 is 1.36 bits per heavy atom. The number of ether oxygens (including phenoxy) is 1. The van der Waals surface area contributed by atoms with Gasteiger partial charge in [-0.05, 0) is 31.9 Å². The first-order valence-corrected chi connectivity index (χ1v) is 7.68. The Kier molecular flexibility index (Phi) is 4.09. The van der Waals surface area contributed by atoms with Gasteiger partial charge in [0.25, 0.3) is 0 Å². The Labute approximate surface area is 129 Å². The molecule has 116 valence electrons. The van der Waals surface area contributed by atoms with Crippen LogP contribution < -0.4 is 5.73 Å². The van der Waals surface area contributed by atoms with Crippen LogP contribution in [0.25, 0.3) is 5.69 Å². The third-order valence-electron chi connectivity index (χ3n) is 4.08. The molecule has 0 saturated heterocycles. The van der Waals surface area contributed by atoms with Crippen LogP contribution >= 0.6 is 0 Å². The maximum absolute atomic E-state index is 12.3. The highest BCUT2D eigenvalue weighted by Gasteiger charge is 2.30. The Bertz CT molecular complexity index is 660. The molecule has 0 spiro atoms. The molecule has 0 atom stereocenters. The average Bonchev–Trinajstić information content (AvgIpc) is 3.16. The molecule has 2 N–H and O–H groups in total. The Morgan fingerprint density at radius 3 is 2.68 bits per heavy atom. The summed E-state index contributed by atoms with van der Waals surface area (Å²) in [5, 5.41) is 4.63. The minimum atomic E-state index is -0.387. The van der Waals surface area contributed by atoms with Gasteiger partial charge in [0.2, 0.25) is 0 Å². The van der Waals surface area contributed by atoms with Crippen LogP contribution in [-0.4, -0.2) is 27.3 Å². The Balaban J connectivity index is 2.09. The predicted molar refractivity (Wildman–Crippen MR) is 82.9 cm³/mol. The first kappa shape index (κ1) is 14.6. The second kappa shape index (κ2) is 6.17. The van der Waals surface area contributed by atoms with Gasteiger partial charge in [0.05, 0.1) is 18.0 Å². The molecule has 0 aromatic carbocycles. The lowest BCUT2D eigenvalue weighted by atomic mass is 10.00. The lowest BCUT2D eigenvalue weighted by Crippen LogP contribution is -2.11. The molecule has 2 heterocycles. The summed E-state index contributed by atoms with van der Waals surface area (Å²) < 4.78 is 6.79. The maximum Gasteiger partial charge on any atom is 0.343 e. The van der Waals surface area contributed by atoms with Crippen LogP contribution in [0, 0.1) is 0 Å². The van der Waals surface area contributed by atoms with E-state index in [9.17, 15) is 4.79 Å². The third-order valence-corrected chi connectivity index (χ3v) is 4.08. The lowest BCUT2D eigenvalue weighted by Gasteiger charge is -2.08. The van der Waals surface area contributed by atoms with Gasteiger partial charge >= 0.3 is 5.97 Å². The molecular formula is C16H20N4O2. The summed E-state index contributed by atoms with van der Waals surface area (Å²) in [4.78, 5) is 16.3. The molecule has 22 heavy (non-hydrogen) atoms. The fraction of sp³-hybridized carbons (Fsp3) is 0.438. The number of nitrogen functional groups attached to an aromatic ring is 1. The minimum absolute atomic E-state index is 0.282. The van der Waals surface area contributed by atoms with Crippen molar-refractivity contribution in [3.8, 4) is 5.69 Å². The molecule has 1 saturated carbocycles. The molecule has 6 nitrogen and oxygen atoms in total. The molecule has 3 rings (SSSR count). The van der Waals surface area contributed by atoms with Gasteiger partial charge in [0.1, 0.15) is 11.4 Å². The van der Waals surface area contributed by atoms with E-state index in [0.717, 1.165) is 37.1 Å². The van der Waals surface area contributed by atoms with Crippen LogP contribution in [0.1, 0.15) is 54.6 Å². The van der Waals surface area contributed by atoms with Crippen molar-refractivity contribution in [2.24, 2.45) is 0 Å². The van der Waals surface area contributed by atoms with Crippen LogP contribution in [0.2, 0.25) is 0 Å². The topological polar surface area (TPSA) is 83.0 Å². The van der Waals surface area contributed by atoms with Crippen molar-refractivity contribution in [2.75, 3.05) is 12.3 Å². The fourth-order valence-corrected chi connectivity index (χ4v) is 3.03. The first-order valence-electron chi connectivity index (χ1n) is 7.68. The molecule has 0 unspecified atom stereocenters. The highest BCUT2D eigenvalue weighted by Crippen LogP contribution is 2.37. The van der Waals surface area contributed by atoms with Crippen molar-refractivity contribution < 1.29 is 9.53 Å². The maximum atomic E-state index is 12.3. The summed E-state index contributed by atoms with van der Waals surface area (Å²) in [6.45, 7) is 2.11. The predicted octanol–water partition coefficient (Wildman–Crippen LogP) is 2.68. The number of rotatable bonds is 4. The smallest absolute Gasteiger partial charge is 0.343 e. The number of esters is 1. The van der Waals surface area contributed by atoms with E-state index in [4.69, 9.17) is 10.5 Å². The zero-order valence-corrected chi connectivity index (χ0v) is 12.7. The molecule has 0 radical (unpaired) electrons. The molecule has 0 aliphatic heterocycles.